The summed E-state index contributed by atoms with van der Waals surface area (Å²) in [7, 11) is -4.46. The predicted octanol–water partition coefficient (Wildman–Crippen LogP) is 2.94. The number of hydrogen-bond acceptors (Lipinski definition) is 5. The van der Waals surface area contributed by atoms with Crippen molar-refractivity contribution in [1.29, 1.82) is 0 Å². The van der Waals surface area contributed by atoms with Gasteiger partial charge in [0.25, 0.3) is 15.9 Å². The van der Waals surface area contributed by atoms with Crippen molar-refractivity contribution in [2.45, 2.75) is 18.0 Å². The van der Waals surface area contributed by atoms with Crippen LogP contribution in [0.2, 0.25) is 0 Å². The first-order valence-corrected chi connectivity index (χ1v) is 9.86. The van der Waals surface area contributed by atoms with E-state index in [1.165, 1.54) is 0 Å². The molecule has 0 aromatic heterocycles. The van der Waals surface area contributed by atoms with Crippen LogP contribution in [-0.4, -0.2) is 33.4 Å². The number of amides is 1. The van der Waals surface area contributed by atoms with Crippen LogP contribution < -0.4 is 10.0 Å². The fourth-order valence-corrected chi connectivity index (χ4v) is 3.38. The van der Waals surface area contributed by atoms with Gasteiger partial charge >= 0.3 is 12.1 Å². The van der Waals surface area contributed by atoms with Crippen LogP contribution in [0.5, 0.6) is 0 Å². The Morgan fingerprint density at radius 1 is 1.07 bits per heavy atom. The van der Waals surface area contributed by atoms with E-state index < -0.39 is 50.0 Å². The Morgan fingerprint density at radius 3 is 2.27 bits per heavy atom. The highest BCUT2D eigenvalue weighted by Crippen LogP contribution is 2.36. The van der Waals surface area contributed by atoms with E-state index in [4.69, 9.17) is 0 Å². The van der Waals surface area contributed by atoms with E-state index in [-0.39, 0.29) is 24.8 Å². The molecule has 2 aromatic carbocycles. The highest BCUT2D eigenvalue weighted by atomic mass is 32.2. The SMILES string of the molecule is CCOC(=O)CNC(=O)c1ccc(S(=O)(=O)Nc2ccc(F)cc2C(F)(F)F)cc1. The van der Waals surface area contributed by atoms with Crippen LogP contribution in [0.25, 0.3) is 0 Å². The number of rotatable bonds is 7. The second kappa shape index (κ2) is 9.11. The molecule has 0 radical (unpaired) electrons. The lowest BCUT2D eigenvalue weighted by molar-refractivity contribution is -0.142. The first kappa shape index (κ1) is 23.1. The summed E-state index contributed by atoms with van der Waals surface area (Å²) in [5.41, 5.74) is -2.32. The summed E-state index contributed by atoms with van der Waals surface area (Å²) in [6, 6.07) is 5.75. The molecular formula is C18H16F4N2O5S. The zero-order chi connectivity index (χ0) is 22.5. The summed E-state index contributed by atoms with van der Waals surface area (Å²) in [5.74, 6) is -2.52. The van der Waals surface area contributed by atoms with Gasteiger partial charge in [-0.2, -0.15) is 13.2 Å². The number of carbonyl (C=O) groups is 2. The molecule has 30 heavy (non-hydrogen) atoms. The Labute approximate surface area is 169 Å². The van der Waals surface area contributed by atoms with E-state index in [9.17, 15) is 35.6 Å². The smallest absolute Gasteiger partial charge is 0.418 e. The molecule has 7 nitrogen and oxygen atoms in total. The first-order valence-electron chi connectivity index (χ1n) is 8.37. The summed E-state index contributed by atoms with van der Waals surface area (Å²) in [5, 5.41) is 2.27. The number of alkyl halides is 3. The third-order valence-electron chi connectivity index (χ3n) is 3.66. The van der Waals surface area contributed by atoms with Crippen molar-refractivity contribution < 1.29 is 40.3 Å². The molecule has 0 unspecified atom stereocenters. The van der Waals surface area contributed by atoms with Crippen LogP contribution in [0, 0.1) is 5.82 Å². The van der Waals surface area contributed by atoms with E-state index in [0.717, 1.165) is 24.3 Å². The summed E-state index contributed by atoms with van der Waals surface area (Å²) >= 11 is 0. The number of carbonyl (C=O) groups excluding carboxylic acids is 2. The number of sulfonamides is 1. The van der Waals surface area contributed by atoms with E-state index >= 15 is 0 Å². The number of hydrogen-bond donors (Lipinski definition) is 2. The van der Waals surface area contributed by atoms with Crippen LogP contribution >= 0.6 is 0 Å². The summed E-state index contributed by atoms with van der Waals surface area (Å²) < 4.78 is 83.5. The first-order chi connectivity index (χ1) is 13.9. The van der Waals surface area contributed by atoms with Crippen LogP contribution in [0.3, 0.4) is 0 Å². The maximum atomic E-state index is 13.2. The van der Waals surface area contributed by atoms with Crippen molar-refractivity contribution in [2.75, 3.05) is 17.9 Å². The maximum Gasteiger partial charge on any atom is 0.418 e. The zero-order valence-electron chi connectivity index (χ0n) is 15.4. The molecule has 0 heterocycles. The van der Waals surface area contributed by atoms with Crippen molar-refractivity contribution in [2.24, 2.45) is 0 Å². The van der Waals surface area contributed by atoms with E-state index in [2.05, 4.69) is 10.1 Å². The molecule has 0 aliphatic carbocycles. The lowest BCUT2D eigenvalue weighted by atomic mass is 10.2. The number of nitrogens with one attached hydrogen (secondary N) is 2. The molecule has 162 valence electrons. The second-order valence-corrected chi connectivity index (χ2v) is 7.49. The molecule has 2 rings (SSSR count). The van der Waals surface area contributed by atoms with Gasteiger partial charge in [0, 0.05) is 5.56 Å². The van der Waals surface area contributed by atoms with Gasteiger partial charge in [0.1, 0.15) is 12.4 Å². The monoisotopic (exact) mass is 448 g/mol. The number of esters is 1. The molecule has 0 aliphatic rings. The number of benzene rings is 2. The van der Waals surface area contributed by atoms with Gasteiger partial charge in [-0.05, 0) is 49.4 Å². The van der Waals surface area contributed by atoms with Crippen molar-refractivity contribution >= 4 is 27.6 Å². The molecule has 0 aliphatic heterocycles. The Bertz CT molecular complexity index is 1040. The van der Waals surface area contributed by atoms with Crippen molar-refractivity contribution in [3.8, 4) is 0 Å². The molecule has 0 fully saturated rings. The van der Waals surface area contributed by atoms with Gasteiger partial charge in [0.05, 0.1) is 22.8 Å². The van der Waals surface area contributed by atoms with Gasteiger partial charge in [0.15, 0.2) is 0 Å². The van der Waals surface area contributed by atoms with E-state index in [0.29, 0.717) is 12.1 Å². The van der Waals surface area contributed by atoms with Crippen LogP contribution in [-0.2, 0) is 25.7 Å². The molecule has 0 saturated heterocycles. The molecule has 1 amide bonds. The van der Waals surface area contributed by atoms with Gasteiger partial charge < -0.3 is 10.1 Å². The standard InChI is InChI=1S/C18H16F4N2O5S/c1-2-29-16(25)10-23-17(26)11-3-6-13(7-4-11)30(27,28)24-15-8-5-12(19)9-14(15)18(20,21)22/h3-9,24H,2,10H2,1H3,(H,23,26). The molecular weight excluding hydrogens is 432 g/mol. The van der Waals surface area contributed by atoms with Crippen LogP contribution in [0.15, 0.2) is 47.4 Å². The molecule has 0 atom stereocenters. The Kier molecular flexibility index (Phi) is 7.03. The molecule has 0 spiro atoms. The largest absolute Gasteiger partial charge is 0.465 e. The molecule has 0 saturated carbocycles. The highest BCUT2D eigenvalue weighted by molar-refractivity contribution is 7.92. The summed E-state index contributed by atoms with van der Waals surface area (Å²) in [4.78, 5) is 22.7. The van der Waals surface area contributed by atoms with Crippen molar-refractivity contribution in [1.82, 2.24) is 5.32 Å². The van der Waals surface area contributed by atoms with Crippen LogP contribution in [0.1, 0.15) is 22.8 Å². The van der Waals surface area contributed by atoms with Crippen LogP contribution in [0.4, 0.5) is 23.2 Å². The lowest BCUT2D eigenvalue weighted by Crippen LogP contribution is -2.30. The predicted molar refractivity (Wildman–Crippen MR) is 97.6 cm³/mol. The Morgan fingerprint density at radius 2 is 1.70 bits per heavy atom. The molecule has 12 heteroatoms. The second-order valence-electron chi connectivity index (χ2n) is 5.81. The van der Waals surface area contributed by atoms with Crippen molar-refractivity contribution in [3.63, 3.8) is 0 Å². The van der Waals surface area contributed by atoms with Gasteiger partial charge in [-0.25, -0.2) is 12.8 Å². The van der Waals surface area contributed by atoms with Gasteiger partial charge in [-0.1, -0.05) is 0 Å². The minimum absolute atomic E-state index is 0.0102. The average molecular weight is 448 g/mol. The van der Waals surface area contributed by atoms with Gasteiger partial charge in [-0.15, -0.1) is 0 Å². The zero-order valence-corrected chi connectivity index (χ0v) is 16.2. The number of anilines is 1. The van der Waals surface area contributed by atoms with Gasteiger partial charge in [0.2, 0.25) is 0 Å². The summed E-state index contributed by atoms with van der Waals surface area (Å²) in [6.07, 6.45) is -4.99. The number of halogens is 4. The third kappa shape index (κ3) is 5.92. The maximum absolute atomic E-state index is 13.2. The minimum atomic E-state index is -4.99. The lowest BCUT2D eigenvalue weighted by Gasteiger charge is -2.15. The topological polar surface area (TPSA) is 102 Å². The normalized spacial score (nSPS) is 11.6. The Balaban J connectivity index is 2.18. The quantitative estimate of drug-likeness (QED) is 0.501. The fourth-order valence-electron chi connectivity index (χ4n) is 2.30. The molecule has 0 bridgehead atoms. The van der Waals surface area contributed by atoms with E-state index in [1.807, 2.05) is 0 Å². The number of ether oxygens (including phenoxy) is 1. The Hall–Kier alpha value is -3.15. The molecule has 2 aromatic rings. The fraction of sp³-hybridized carbons (Fsp3) is 0.222. The average Bonchev–Trinajstić information content (AvgIpc) is 2.67. The third-order valence-corrected chi connectivity index (χ3v) is 5.04. The minimum Gasteiger partial charge on any atom is -0.465 e. The summed E-state index contributed by atoms with van der Waals surface area (Å²) in [6.45, 7) is 1.34. The van der Waals surface area contributed by atoms with Gasteiger partial charge in [-0.3, -0.25) is 14.3 Å². The van der Waals surface area contributed by atoms with E-state index in [1.54, 1.807) is 11.6 Å². The highest BCUT2D eigenvalue weighted by Gasteiger charge is 2.35. The molecule has 2 N–H and O–H groups in total. The van der Waals surface area contributed by atoms with Crippen molar-refractivity contribution in [3.05, 3.63) is 59.4 Å².